The van der Waals surface area contributed by atoms with Gasteiger partial charge in [-0.25, -0.2) is 4.79 Å². The van der Waals surface area contributed by atoms with Gasteiger partial charge < -0.3 is 10.0 Å². The molecule has 17 heavy (non-hydrogen) atoms. The minimum absolute atomic E-state index is 0.0433. The molecule has 1 atom stereocenters. The van der Waals surface area contributed by atoms with E-state index in [2.05, 4.69) is 4.98 Å². The van der Waals surface area contributed by atoms with E-state index >= 15 is 0 Å². The van der Waals surface area contributed by atoms with Crippen LogP contribution >= 0.6 is 0 Å². The summed E-state index contributed by atoms with van der Waals surface area (Å²) >= 11 is 0. The second-order valence-electron chi connectivity index (χ2n) is 4.36. The first kappa shape index (κ1) is 11.6. The molecular weight excluding hydrogens is 220 g/mol. The number of amides is 1. The van der Waals surface area contributed by atoms with Crippen molar-refractivity contribution >= 4 is 12.4 Å². The standard InChI is InChI=1S/C12H14N2O3/c1-12(11(16)17,9-4-6-13-7-5-9)14(8-15)10-2-3-10/h4-8,10H,2-3H2,1H3,(H,16,17). The maximum atomic E-state index is 11.5. The van der Waals surface area contributed by atoms with Crippen molar-refractivity contribution in [1.82, 2.24) is 9.88 Å². The Morgan fingerprint density at radius 1 is 1.53 bits per heavy atom. The molecule has 5 heteroatoms. The van der Waals surface area contributed by atoms with Crippen LogP contribution in [0.25, 0.3) is 0 Å². The number of aliphatic carboxylic acids is 1. The summed E-state index contributed by atoms with van der Waals surface area (Å²) in [6.45, 7) is 1.55. The second-order valence-corrected chi connectivity index (χ2v) is 4.36. The summed E-state index contributed by atoms with van der Waals surface area (Å²) in [7, 11) is 0. The number of carboxylic acids is 1. The topological polar surface area (TPSA) is 70.5 Å². The van der Waals surface area contributed by atoms with Gasteiger partial charge in [0.1, 0.15) is 0 Å². The van der Waals surface area contributed by atoms with Gasteiger partial charge in [-0.05, 0) is 37.5 Å². The van der Waals surface area contributed by atoms with Crippen molar-refractivity contribution in [2.75, 3.05) is 0 Å². The summed E-state index contributed by atoms with van der Waals surface area (Å²) in [5, 5.41) is 9.44. The maximum Gasteiger partial charge on any atom is 0.334 e. The van der Waals surface area contributed by atoms with E-state index in [9.17, 15) is 14.7 Å². The van der Waals surface area contributed by atoms with Crippen molar-refractivity contribution in [3.8, 4) is 0 Å². The Balaban J connectivity index is 2.45. The van der Waals surface area contributed by atoms with Crippen LogP contribution in [0.3, 0.4) is 0 Å². The molecule has 0 spiro atoms. The Labute approximate surface area is 99.1 Å². The highest BCUT2D eigenvalue weighted by molar-refractivity contribution is 5.83. The summed E-state index contributed by atoms with van der Waals surface area (Å²) in [4.78, 5) is 27.9. The predicted octanol–water partition coefficient (Wildman–Crippen LogP) is 1.00. The van der Waals surface area contributed by atoms with Crippen LogP contribution in [-0.2, 0) is 15.1 Å². The minimum Gasteiger partial charge on any atom is -0.479 e. The van der Waals surface area contributed by atoms with Crippen LogP contribution in [0.5, 0.6) is 0 Å². The lowest BCUT2D eigenvalue weighted by molar-refractivity contribution is -0.155. The van der Waals surface area contributed by atoms with Gasteiger partial charge in [0.15, 0.2) is 5.54 Å². The molecule has 1 fully saturated rings. The van der Waals surface area contributed by atoms with Gasteiger partial charge in [0, 0.05) is 18.4 Å². The maximum absolute atomic E-state index is 11.5. The molecular formula is C12H14N2O3. The SMILES string of the molecule is CC(C(=O)O)(c1ccncc1)N(C=O)C1CC1. The highest BCUT2D eigenvalue weighted by atomic mass is 16.4. The van der Waals surface area contributed by atoms with Crippen LogP contribution in [0.1, 0.15) is 25.3 Å². The molecule has 0 aromatic carbocycles. The van der Waals surface area contributed by atoms with E-state index in [1.165, 1.54) is 17.3 Å². The van der Waals surface area contributed by atoms with Crippen molar-refractivity contribution in [2.24, 2.45) is 0 Å². The first-order valence-corrected chi connectivity index (χ1v) is 5.48. The van der Waals surface area contributed by atoms with Crippen LogP contribution in [0.15, 0.2) is 24.5 Å². The Morgan fingerprint density at radius 3 is 2.53 bits per heavy atom. The van der Waals surface area contributed by atoms with E-state index in [0.717, 1.165) is 12.8 Å². The smallest absolute Gasteiger partial charge is 0.334 e. The summed E-state index contributed by atoms with van der Waals surface area (Å²) in [6, 6.07) is 3.31. The fraction of sp³-hybridized carbons (Fsp3) is 0.417. The fourth-order valence-corrected chi connectivity index (χ4v) is 1.97. The zero-order valence-electron chi connectivity index (χ0n) is 9.54. The van der Waals surface area contributed by atoms with Crippen LogP contribution in [0, 0.1) is 0 Å². The van der Waals surface area contributed by atoms with Crippen molar-refractivity contribution in [2.45, 2.75) is 31.3 Å². The third kappa shape index (κ3) is 1.88. The average molecular weight is 234 g/mol. The van der Waals surface area contributed by atoms with E-state index < -0.39 is 11.5 Å². The molecule has 0 radical (unpaired) electrons. The Hall–Kier alpha value is -1.91. The first-order chi connectivity index (χ1) is 8.10. The molecule has 90 valence electrons. The number of nitrogens with zero attached hydrogens (tertiary/aromatic N) is 2. The van der Waals surface area contributed by atoms with E-state index in [0.29, 0.717) is 12.0 Å². The number of carbonyl (C=O) groups excluding carboxylic acids is 1. The summed E-state index contributed by atoms with van der Waals surface area (Å²) in [5.41, 5.74) is -0.745. The third-order valence-corrected chi connectivity index (χ3v) is 3.23. The molecule has 2 rings (SSSR count). The van der Waals surface area contributed by atoms with E-state index in [4.69, 9.17) is 0 Å². The first-order valence-electron chi connectivity index (χ1n) is 5.48. The number of hydrogen-bond donors (Lipinski definition) is 1. The van der Waals surface area contributed by atoms with Crippen LogP contribution in [0.4, 0.5) is 0 Å². The van der Waals surface area contributed by atoms with Gasteiger partial charge in [0.2, 0.25) is 6.41 Å². The second kappa shape index (κ2) is 4.16. The molecule has 0 bridgehead atoms. The lowest BCUT2D eigenvalue weighted by Crippen LogP contribution is -2.50. The summed E-state index contributed by atoms with van der Waals surface area (Å²) in [6.07, 6.45) is 5.43. The molecule has 1 heterocycles. The predicted molar refractivity (Wildman–Crippen MR) is 60.1 cm³/mol. The van der Waals surface area contributed by atoms with Gasteiger partial charge >= 0.3 is 5.97 Å². The van der Waals surface area contributed by atoms with Gasteiger partial charge in [0.25, 0.3) is 0 Å². The van der Waals surface area contributed by atoms with Crippen LogP contribution in [-0.4, -0.2) is 33.4 Å². The number of aromatic nitrogens is 1. The minimum atomic E-state index is -1.31. The largest absolute Gasteiger partial charge is 0.479 e. The monoisotopic (exact) mass is 234 g/mol. The fourth-order valence-electron chi connectivity index (χ4n) is 1.97. The third-order valence-electron chi connectivity index (χ3n) is 3.23. The number of rotatable bonds is 5. The highest BCUT2D eigenvalue weighted by Gasteiger charge is 2.47. The van der Waals surface area contributed by atoms with Gasteiger partial charge in [-0.1, -0.05) is 0 Å². The molecule has 0 saturated heterocycles. The number of carbonyl (C=O) groups is 2. The van der Waals surface area contributed by atoms with Gasteiger partial charge in [-0.2, -0.15) is 0 Å². The van der Waals surface area contributed by atoms with E-state index in [-0.39, 0.29) is 6.04 Å². The summed E-state index contributed by atoms with van der Waals surface area (Å²) < 4.78 is 0. The number of carboxylic acid groups (broad SMARTS) is 1. The molecule has 1 aromatic heterocycles. The molecule has 1 aromatic rings. The molecule has 5 nitrogen and oxygen atoms in total. The lowest BCUT2D eigenvalue weighted by atomic mass is 9.91. The normalized spacial score (nSPS) is 18.2. The molecule has 1 amide bonds. The highest BCUT2D eigenvalue weighted by Crippen LogP contribution is 2.37. The van der Waals surface area contributed by atoms with Crippen molar-refractivity contribution < 1.29 is 14.7 Å². The van der Waals surface area contributed by atoms with Gasteiger partial charge in [-0.15, -0.1) is 0 Å². The van der Waals surface area contributed by atoms with Crippen molar-refractivity contribution in [3.05, 3.63) is 30.1 Å². The average Bonchev–Trinajstić information content (AvgIpc) is 3.15. The molecule has 1 aliphatic carbocycles. The van der Waals surface area contributed by atoms with Gasteiger partial charge in [-0.3, -0.25) is 9.78 Å². The Bertz CT molecular complexity index is 431. The van der Waals surface area contributed by atoms with Crippen molar-refractivity contribution in [1.29, 1.82) is 0 Å². The molecule has 1 N–H and O–H groups in total. The van der Waals surface area contributed by atoms with Crippen LogP contribution < -0.4 is 0 Å². The number of hydrogen-bond acceptors (Lipinski definition) is 3. The number of pyridine rings is 1. The molecule has 1 unspecified atom stereocenters. The zero-order valence-corrected chi connectivity index (χ0v) is 9.54. The zero-order chi connectivity index (χ0) is 12.5. The molecule has 1 aliphatic rings. The Kier molecular flexibility index (Phi) is 2.83. The lowest BCUT2D eigenvalue weighted by Gasteiger charge is -2.35. The quantitative estimate of drug-likeness (QED) is 0.772. The molecule has 0 aliphatic heterocycles. The van der Waals surface area contributed by atoms with E-state index in [1.807, 2.05) is 0 Å². The molecule has 1 saturated carbocycles. The van der Waals surface area contributed by atoms with Gasteiger partial charge in [0.05, 0.1) is 0 Å². The van der Waals surface area contributed by atoms with Crippen LogP contribution in [0.2, 0.25) is 0 Å². The van der Waals surface area contributed by atoms with E-state index in [1.54, 1.807) is 19.1 Å². The van der Waals surface area contributed by atoms with Crippen molar-refractivity contribution in [3.63, 3.8) is 0 Å². The Morgan fingerprint density at radius 2 is 2.12 bits per heavy atom. The summed E-state index contributed by atoms with van der Waals surface area (Å²) in [5.74, 6) is -1.03.